The van der Waals surface area contributed by atoms with Crippen molar-refractivity contribution in [1.82, 2.24) is 0 Å². The second kappa shape index (κ2) is 53.7. The molecule has 0 rings (SSSR count). The van der Waals surface area contributed by atoms with Crippen LogP contribution in [0.15, 0.2) is 109 Å². The lowest BCUT2D eigenvalue weighted by Gasteiger charge is -2.18. The third-order valence-corrected chi connectivity index (χ3v) is 11.0. The fourth-order valence-electron chi connectivity index (χ4n) is 7.03. The average molecular weight is 915 g/mol. The Bertz CT molecular complexity index is 1370. The van der Waals surface area contributed by atoms with Crippen molar-refractivity contribution in [3.8, 4) is 0 Å². The van der Waals surface area contributed by atoms with Crippen molar-refractivity contribution >= 4 is 17.9 Å². The van der Waals surface area contributed by atoms with Crippen molar-refractivity contribution in [3.63, 3.8) is 0 Å². The van der Waals surface area contributed by atoms with Gasteiger partial charge in [-0.2, -0.15) is 0 Å². The fourth-order valence-corrected chi connectivity index (χ4v) is 7.03. The van der Waals surface area contributed by atoms with Gasteiger partial charge in [-0.15, -0.1) is 0 Å². The Hall–Kier alpha value is -3.93. The van der Waals surface area contributed by atoms with Gasteiger partial charge in [0, 0.05) is 19.3 Å². The summed E-state index contributed by atoms with van der Waals surface area (Å²) in [6, 6.07) is 0. The molecule has 0 saturated heterocycles. The van der Waals surface area contributed by atoms with Gasteiger partial charge in [-0.3, -0.25) is 14.4 Å². The monoisotopic (exact) mass is 915 g/mol. The molecule has 0 heterocycles. The number of allylic oxidation sites excluding steroid dienone is 18. The Morgan fingerprint density at radius 3 is 0.924 bits per heavy atom. The van der Waals surface area contributed by atoms with E-state index in [1.165, 1.54) is 83.5 Å². The van der Waals surface area contributed by atoms with Crippen molar-refractivity contribution in [3.05, 3.63) is 109 Å². The number of esters is 3. The van der Waals surface area contributed by atoms with E-state index < -0.39 is 6.10 Å². The molecule has 0 aromatic rings. The lowest BCUT2D eigenvalue weighted by Crippen LogP contribution is -2.30. The van der Waals surface area contributed by atoms with Crippen LogP contribution in [0.3, 0.4) is 0 Å². The van der Waals surface area contributed by atoms with Gasteiger partial charge in [-0.25, -0.2) is 0 Å². The van der Waals surface area contributed by atoms with Crippen LogP contribution in [-0.2, 0) is 28.6 Å². The SMILES string of the molecule is CC/C=C\C/C=C\C/C=C\C/C=C\C/C=C\C/C=C\C/C=C\C/C=C\C/C=C\CCCC(=O)OCC(COC(=O)CCCCCCCC)OC(=O)CCCCCCCCCCCCCCC. The molecule has 0 aliphatic heterocycles. The molecule has 0 aliphatic rings. The van der Waals surface area contributed by atoms with Gasteiger partial charge in [0.15, 0.2) is 6.10 Å². The van der Waals surface area contributed by atoms with E-state index in [0.29, 0.717) is 19.3 Å². The molecule has 0 saturated carbocycles. The zero-order chi connectivity index (χ0) is 47.9. The van der Waals surface area contributed by atoms with Crippen LogP contribution in [0.2, 0.25) is 0 Å². The highest BCUT2D eigenvalue weighted by Gasteiger charge is 2.19. The van der Waals surface area contributed by atoms with Gasteiger partial charge in [0.2, 0.25) is 0 Å². The molecule has 1 unspecified atom stereocenters. The number of carbonyl (C=O) groups is 3. The van der Waals surface area contributed by atoms with Crippen molar-refractivity contribution in [2.75, 3.05) is 13.2 Å². The largest absolute Gasteiger partial charge is 0.462 e. The zero-order valence-electron chi connectivity index (χ0n) is 42.7. The van der Waals surface area contributed by atoms with E-state index in [4.69, 9.17) is 14.2 Å². The summed E-state index contributed by atoms with van der Waals surface area (Å²) in [7, 11) is 0. The maximum Gasteiger partial charge on any atom is 0.306 e. The van der Waals surface area contributed by atoms with Crippen LogP contribution in [0.5, 0.6) is 0 Å². The summed E-state index contributed by atoms with van der Waals surface area (Å²) in [5, 5.41) is 0. The van der Waals surface area contributed by atoms with Crippen LogP contribution in [0.4, 0.5) is 0 Å². The number of ether oxygens (including phenoxy) is 3. The van der Waals surface area contributed by atoms with Crippen LogP contribution >= 0.6 is 0 Å². The van der Waals surface area contributed by atoms with Crippen LogP contribution in [0, 0.1) is 0 Å². The topological polar surface area (TPSA) is 78.9 Å². The number of carbonyl (C=O) groups excluding carboxylic acids is 3. The highest BCUT2D eigenvalue weighted by Crippen LogP contribution is 2.14. The Kier molecular flexibility index (Phi) is 50.5. The summed E-state index contributed by atoms with van der Waals surface area (Å²) >= 11 is 0. The molecule has 0 N–H and O–H groups in total. The third-order valence-electron chi connectivity index (χ3n) is 11.0. The number of hydrogen-bond acceptors (Lipinski definition) is 6. The van der Waals surface area contributed by atoms with Gasteiger partial charge >= 0.3 is 17.9 Å². The second-order valence-electron chi connectivity index (χ2n) is 17.4. The molecule has 374 valence electrons. The van der Waals surface area contributed by atoms with Crippen molar-refractivity contribution in [1.29, 1.82) is 0 Å². The van der Waals surface area contributed by atoms with E-state index in [1.807, 2.05) is 0 Å². The molecule has 0 bridgehead atoms. The van der Waals surface area contributed by atoms with E-state index in [1.54, 1.807) is 0 Å². The predicted molar refractivity (Wildman–Crippen MR) is 283 cm³/mol. The molecule has 0 aromatic carbocycles. The first kappa shape index (κ1) is 62.1. The minimum Gasteiger partial charge on any atom is -0.462 e. The molecule has 0 aliphatic carbocycles. The number of unbranched alkanes of at least 4 members (excludes halogenated alkanes) is 18. The molecule has 0 aromatic heterocycles. The summed E-state index contributed by atoms with van der Waals surface area (Å²) < 4.78 is 16.6. The quantitative estimate of drug-likeness (QED) is 0.0262. The maximum atomic E-state index is 12.7. The van der Waals surface area contributed by atoms with Crippen molar-refractivity contribution < 1.29 is 28.6 Å². The van der Waals surface area contributed by atoms with Gasteiger partial charge in [0.1, 0.15) is 13.2 Å². The average Bonchev–Trinajstić information content (AvgIpc) is 3.31. The summed E-state index contributed by atoms with van der Waals surface area (Å²) in [5.41, 5.74) is 0. The molecule has 66 heavy (non-hydrogen) atoms. The molecule has 1 atom stereocenters. The van der Waals surface area contributed by atoms with Gasteiger partial charge in [0.25, 0.3) is 0 Å². The first-order valence-electron chi connectivity index (χ1n) is 26.9. The summed E-state index contributed by atoms with van der Waals surface area (Å²) in [4.78, 5) is 37.7. The highest BCUT2D eigenvalue weighted by atomic mass is 16.6. The lowest BCUT2D eigenvalue weighted by atomic mass is 10.0. The number of hydrogen-bond donors (Lipinski definition) is 0. The minimum atomic E-state index is -0.796. The smallest absolute Gasteiger partial charge is 0.306 e. The Labute approximate surface area is 406 Å². The number of rotatable bonds is 47. The van der Waals surface area contributed by atoms with Crippen LogP contribution in [0.25, 0.3) is 0 Å². The predicted octanol–water partition coefficient (Wildman–Crippen LogP) is 17.9. The lowest BCUT2D eigenvalue weighted by molar-refractivity contribution is -0.167. The summed E-state index contributed by atoms with van der Waals surface area (Å²) in [6.45, 7) is 6.40. The first-order chi connectivity index (χ1) is 32.5. The minimum absolute atomic E-state index is 0.0954. The molecule has 0 fully saturated rings. The van der Waals surface area contributed by atoms with Crippen molar-refractivity contribution in [2.24, 2.45) is 0 Å². The van der Waals surface area contributed by atoms with Crippen molar-refractivity contribution in [2.45, 2.75) is 239 Å². The summed E-state index contributed by atoms with van der Waals surface area (Å²) in [6.07, 6.45) is 72.6. The Morgan fingerprint density at radius 1 is 0.318 bits per heavy atom. The molecule has 6 heteroatoms. The molecule has 0 amide bonds. The van der Waals surface area contributed by atoms with Crippen LogP contribution < -0.4 is 0 Å². The van der Waals surface area contributed by atoms with Gasteiger partial charge in [-0.05, 0) is 83.5 Å². The Morgan fingerprint density at radius 2 is 0.591 bits per heavy atom. The zero-order valence-corrected chi connectivity index (χ0v) is 42.7. The summed E-state index contributed by atoms with van der Waals surface area (Å²) in [5.74, 6) is -0.971. The second-order valence-corrected chi connectivity index (χ2v) is 17.4. The molecule has 0 radical (unpaired) electrons. The van der Waals surface area contributed by atoms with E-state index in [9.17, 15) is 14.4 Å². The molecular weight excluding hydrogens is 817 g/mol. The van der Waals surface area contributed by atoms with E-state index in [2.05, 4.69) is 130 Å². The van der Waals surface area contributed by atoms with E-state index in [-0.39, 0.29) is 37.5 Å². The molecular formula is C60H98O6. The van der Waals surface area contributed by atoms with Crippen LogP contribution in [0.1, 0.15) is 233 Å². The van der Waals surface area contributed by atoms with E-state index >= 15 is 0 Å². The van der Waals surface area contributed by atoms with Gasteiger partial charge in [-0.1, -0.05) is 239 Å². The normalized spacial score (nSPS) is 13.0. The van der Waals surface area contributed by atoms with Crippen LogP contribution in [-0.4, -0.2) is 37.2 Å². The van der Waals surface area contributed by atoms with Gasteiger partial charge in [0.05, 0.1) is 0 Å². The third kappa shape index (κ3) is 51.1. The van der Waals surface area contributed by atoms with E-state index in [0.717, 1.165) is 103 Å². The fraction of sp³-hybridized carbons (Fsp3) is 0.650. The standard InChI is InChI=1S/C60H98O6/c1-4-7-10-13-16-18-20-22-23-24-25-26-27-28-29-30-31-32-33-34-35-36-37-39-40-42-44-47-50-53-59(62)65-56-57(55-64-58(61)52-49-46-15-12-9-6-3)66-60(63)54-51-48-45-43-41-38-21-19-17-14-11-8-5-2/h7,10,16,18,22-23,25-26,28-29,31-32,34-35,37,39,42,44,57H,4-6,8-9,11-15,17,19-21,24,27,30,33,36,38,40-41,43,45-56H2,1-3H3/b10-7-,18-16-,23-22-,26-25-,29-28-,32-31-,35-34-,39-37-,44-42-. The van der Waals surface area contributed by atoms with Gasteiger partial charge < -0.3 is 14.2 Å². The molecule has 6 nitrogen and oxygen atoms in total. The maximum absolute atomic E-state index is 12.7. The highest BCUT2D eigenvalue weighted by molar-refractivity contribution is 5.71. The Balaban J connectivity index is 4.26. The molecule has 0 spiro atoms. The first-order valence-corrected chi connectivity index (χ1v) is 26.9.